The van der Waals surface area contributed by atoms with Crippen molar-refractivity contribution in [2.45, 2.75) is 20.3 Å². The maximum absolute atomic E-state index is 9.31. The van der Waals surface area contributed by atoms with Crippen LogP contribution in [0.5, 0.6) is 0 Å². The molecule has 0 heterocycles. The fourth-order valence-electron chi connectivity index (χ4n) is 0.407. The predicted molar refractivity (Wildman–Crippen MR) is 50.9 cm³/mol. The van der Waals surface area contributed by atoms with E-state index in [4.69, 9.17) is 16.3 Å². The minimum absolute atomic E-state index is 0.504. The van der Waals surface area contributed by atoms with Crippen molar-refractivity contribution in [3.8, 4) is 0 Å². The molecule has 0 spiro atoms. The molecule has 0 aliphatic rings. The molecule has 2 nitrogen and oxygen atoms in total. The second-order valence-corrected chi connectivity index (χ2v) is 8.02. The van der Waals surface area contributed by atoms with Crippen LogP contribution in [-0.2, 0) is 16.3 Å². The topological polar surface area (TPSA) is 29.5 Å². The quantitative estimate of drug-likeness (QED) is 0.690. The Hall–Kier alpha value is 0.920. The monoisotopic (exact) mass is 200 g/mol. The molecule has 1 N–H and O–H groups in total. The van der Waals surface area contributed by atoms with Gasteiger partial charge >= 0.3 is 0 Å². The van der Waals surface area contributed by atoms with Crippen LogP contribution in [0.2, 0.25) is 0 Å². The average Bonchev–Trinajstić information content (AvgIpc) is 1.84. The van der Waals surface area contributed by atoms with Crippen molar-refractivity contribution in [1.29, 1.82) is 0 Å². The lowest BCUT2D eigenvalue weighted by Gasteiger charge is -2.12. The molecule has 1 atom stereocenters. The van der Waals surface area contributed by atoms with E-state index in [9.17, 15) is 4.89 Å². The normalized spacial score (nSPS) is 16.7. The lowest BCUT2D eigenvalue weighted by atomic mass is 10.6. The summed E-state index contributed by atoms with van der Waals surface area (Å²) in [6.45, 7) is 4.39. The number of rotatable bonds is 5. The molecule has 62 valence electrons. The Morgan fingerprint density at radius 3 is 2.60 bits per heavy atom. The second kappa shape index (κ2) is 5.56. The van der Waals surface area contributed by atoms with E-state index in [0.29, 0.717) is 6.61 Å². The Morgan fingerprint density at radius 2 is 2.20 bits per heavy atom. The van der Waals surface area contributed by atoms with Crippen LogP contribution in [0, 0.1) is 0 Å². The van der Waals surface area contributed by atoms with Crippen molar-refractivity contribution in [3.05, 3.63) is 0 Å². The van der Waals surface area contributed by atoms with Gasteiger partial charge in [0.25, 0.3) is 0 Å². The molecule has 0 aromatic heterocycles. The fourth-order valence-corrected chi connectivity index (χ4v) is 3.99. The molecule has 5 heteroatoms. The Balaban J connectivity index is 3.53. The van der Waals surface area contributed by atoms with Gasteiger partial charge in [-0.15, -0.1) is 0 Å². The van der Waals surface area contributed by atoms with E-state index in [1.165, 1.54) is 11.4 Å². The van der Waals surface area contributed by atoms with Gasteiger partial charge in [-0.25, -0.2) is 0 Å². The van der Waals surface area contributed by atoms with Crippen LogP contribution in [-0.4, -0.2) is 17.3 Å². The smallest absolute Gasteiger partial charge is 0.244 e. The third-order valence-electron chi connectivity index (χ3n) is 0.751. The SMILES string of the molecule is CCCSP(O)(=S)OCC. The molecular formula is C5H13O2PS2. The first-order valence-electron chi connectivity index (χ1n) is 3.24. The van der Waals surface area contributed by atoms with Crippen molar-refractivity contribution in [2.75, 3.05) is 12.4 Å². The summed E-state index contributed by atoms with van der Waals surface area (Å²) in [7, 11) is 0. The summed E-state index contributed by atoms with van der Waals surface area (Å²) in [6.07, 6.45) is 1.02. The molecule has 0 radical (unpaired) electrons. The lowest BCUT2D eigenvalue weighted by Crippen LogP contribution is -1.84. The first-order valence-corrected chi connectivity index (χ1v) is 7.50. The van der Waals surface area contributed by atoms with Gasteiger partial charge in [-0.1, -0.05) is 18.3 Å². The van der Waals surface area contributed by atoms with E-state index in [1.54, 1.807) is 0 Å². The van der Waals surface area contributed by atoms with E-state index in [2.05, 4.69) is 0 Å². The van der Waals surface area contributed by atoms with Crippen LogP contribution in [0.15, 0.2) is 0 Å². The molecule has 0 aromatic rings. The first kappa shape index (κ1) is 10.9. The summed E-state index contributed by atoms with van der Waals surface area (Å²) in [5, 5.41) is 0. The molecule has 10 heavy (non-hydrogen) atoms. The molecule has 0 aromatic carbocycles. The highest BCUT2D eigenvalue weighted by Gasteiger charge is 2.11. The molecule has 0 rings (SSSR count). The predicted octanol–water partition coefficient (Wildman–Crippen LogP) is 2.38. The van der Waals surface area contributed by atoms with Crippen LogP contribution < -0.4 is 0 Å². The molecule has 0 saturated heterocycles. The summed E-state index contributed by atoms with van der Waals surface area (Å²) in [6, 6.07) is 0. The summed E-state index contributed by atoms with van der Waals surface area (Å²) in [4.78, 5) is 9.31. The molecule has 0 saturated carbocycles. The third-order valence-corrected chi connectivity index (χ3v) is 5.36. The van der Waals surface area contributed by atoms with Gasteiger partial charge in [-0.3, -0.25) is 0 Å². The Morgan fingerprint density at radius 1 is 1.60 bits per heavy atom. The van der Waals surface area contributed by atoms with Crippen LogP contribution >= 0.6 is 17.1 Å². The van der Waals surface area contributed by atoms with E-state index < -0.39 is 5.69 Å². The third kappa shape index (κ3) is 5.69. The highest BCUT2D eigenvalue weighted by Crippen LogP contribution is 2.55. The maximum atomic E-state index is 9.31. The first-order chi connectivity index (χ1) is 4.62. The van der Waals surface area contributed by atoms with Gasteiger partial charge in [0.1, 0.15) is 0 Å². The lowest BCUT2D eigenvalue weighted by molar-refractivity contribution is 0.341. The van der Waals surface area contributed by atoms with Gasteiger partial charge in [0.05, 0.1) is 6.61 Å². The number of hydrogen-bond acceptors (Lipinski definition) is 3. The van der Waals surface area contributed by atoms with Crippen LogP contribution in [0.25, 0.3) is 0 Å². The molecule has 0 fully saturated rings. The standard InChI is InChI=1S/C5H13O2PS2/c1-3-5-10-8(6,9)7-4-2/h3-5H2,1-2H3,(H,6,9). The summed E-state index contributed by atoms with van der Waals surface area (Å²) >= 11 is 6.18. The van der Waals surface area contributed by atoms with Crippen molar-refractivity contribution in [1.82, 2.24) is 0 Å². The molecule has 0 aliphatic carbocycles. The molecular weight excluding hydrogens is 187 g/mol. The van der Waals surface area contributed by atoms with Gasteiger partial charge in [-0.2, -0.15) is 0 Å². The van der Waals surface area contributed by atoms with E-state index in [-0.39, 0.29) is 0 Å². The molecule has 0 aliphatic heterocycles. The van der Waals surface area contributed by atoms with E-state index in [0.717, 1.165) is 12.2 Å². The fraction of sp³-hybridized carbons (Fsp3) is 1.00. The van der Waals surface area contributed by atoms with Crippen molar-refractivity contribution >= 4 is 28.9 Å². The zero-order chi connectivity index (χ0) is 8.04. The Bertz CT molecular complexity index is 129. The zero-order valence-electron chi connectivity index (χ0n) is 6.24. The minimum Gasteiger partial charge on any atom is -0.337 e. The molecule has 0 amide bonds. The van der Waals surface area contributed by atoms with Gasteiger partial charge < -0.3 is 9.42 Å². The largest absolute Gasteiger partial charge is 0.337 e. The highest BCUT2D eigenvalue weighted by atomic mass is 32.9. The van der Waals surface area contributed by atoms with Crippen LogP contribution in [0.3, 0.4) is 0 Å². The minimum atomic E-state index is -2.46. The summed E-state index contributed by atoms with van der Waals surface area (Å²) < 4.78 is 4.98. The van der Waals surface area contributed by atoms with Crippen LogP contribution in [0.1, 0.15) is 20.3 Å². The van der Waals surface area contributed by atoms with Crippen molar-refractivity contribution < 1.29 is 9.42 Å². The van der Waals surface area contributed by atoms with Crippen molar-refractivity contribution in [3.63, 3.8) is 0 Å². The van der Waals surface area contributed by atoms with Gasteiger partial charge in [0.15, 0.2) is 0 Å². The van der Waals surface area contributed by atoms with E-state index in [1.807, 2.05) is 13.8 Å². The Kier molecular flexibility index (Phi) is 6.07. The van der Waals surface area contributed by atoms with E-state index >= 15 is 0 Å². The second-order valence-electron chi connectivity index (χ2n) is 1.72. The van der Waals surface area contributed by atoms with Crippen LogP contribution in [0.4, 0.5) is 0 Å². The number of hydrogen-bond donors (Lipinski definition) is 1. The average molecular weight is 200 g/mol. The zero-order valence-corrected chi connectivity index (χ0v) is 8.77. The summed E-state index contributed by atoms with van der Waals surface area (Å²) in [5.41, 5.74) is -2.46. The van der Waals surface area contributed by atoms with Crippen molar-refractivity contribution in [2.24, 2.45) is 0 Å². The Labute approximate surface area is 71.3 Å². The molecule has 1 unspecified atom stereocenters. The highest BCUT2D eigenvalue weighted by molar-refractivity contribution is 8.67. The summed E-state index contributed by atoms with van der Waals surface area (Å²) in [5.74, 6) is 0.883. The molecule has 0 bridgehead atoms. The van der Waals surface area contributed by atoms with Gasteiger partial charge in [0.2, 0.25) is 5.69 Å². The maximum Gasteiger partial charge on any atom is 0.244 e. The van der Waals surface area contributed by atoms with Gasteiger partial charge in [-0.05, 0) is 25.2 Å². The van der Waals surface area contributed by atoms with Gasteiger partial charge in [0, 0.05) is 5.75 Å².